The Kier molecular flexibility index (Phi) is 9.02. The number of carbonyl (C=O) groups is 1. The smallest absolute Gasteiger partial charge is 0.451 e. The predicted octanol–water partition coefficient (Wildman–Crippen LogP) is 6.18. The highest BCUT2D eigenvalue weighted by atomic mass is 35.5. The number of hydrazine groups is 1. The molecule has 0 aromatic heterocycles. The molecule has 216 valence electrons. The van der Waals surface area contributed by atoms with Gasteiger partial charge in [-0.1, -0.05) is 23.2 Å². The van der Waals surface area contributed by atoms with E-state index in [1.54, 1.807) is 0 Å². The Balaban J connectivity index is 2.04. The lowest BCUT2D eigenvalue weighted by atomic mass is 10.1. The molecule has 0 bridgehead atoms. The van der Waals surface area contributed by atoms with Gasteiger partial charge in [0.25, 0.3) is 0 Å². The number of nitrogens with one attached hydrogen (secondary N) is 2. The minimum Gasteiger partial charge on any atom is -0.466 e. The fourth-order valence-electron chi connectivity index (χ4n) is 3.63. The monoisotopic (exact) mass is 613 g/mol. The summed E-state index contributed by atoms with van der Waals surface area (Å²) in [6.07, 6.45) is -16.4. The number of rotatable bonds is 8. The molecule has 0 amide bonds. The fourth-order valence-corrected chi connectivity index (χ4v) is 4.28. The van der Waals surface area contributed by atoms with E-state index in [9.17, 15) is 44.3 Å². The van der Waals surface area contributed by atoms with Crippen molar-refractivity contribution in [1.29, 1.82) is 0 Å². The summed E-state index contributed by atoms with van der Waals surface area (Å²) < 4.78 is 126. The maximum atomic E-state index is 13.9. The zero-order valence-corrected chi connectivity index (χ0v) is 21.1. The van der Waals surface area contributed by atoms with Gasteiger partial charge in [0.2, 0.25) is 5.84 Å². The number of ether oxygens (including phenoxy) is 1. The van der Waals surface area contributed by atoms with Crippen LogP contribution in [0.2, 0.25) is 10.0 Å². The largest absolute Gasteiger partial charge is 0.466 e. The molecule has 1 aromatic rings. The first kappa shape index (κ1) is 30.8. The van der Waals surface area contributed by atoms with Crippen LogP contribution in [0, 0.1) is 0 Å². The molecule has 1 atom stereocenters. The van der Waals surface area contributed by atoms with Gasteiger partial charge in [-0.2, -0.15) is 44.9 Å². The molecule has 0 fully saturated rings. The van der Waals surface area contributed by atoms with Crippen LogP contribution in [0.25, 0.3) is 0 Å². The minimum absolute atomic E-state index is 0.0549. The molecule has 0 saturated carbocycles. The first-order chi connectivity index (χ1) is 17.9. The second-order valence-electron chi connectivity index (χ2n) is 8.15. The third kappa shape index (κ3) is 7.28. The standard InChI is InChI=1S/C21H18Cl2F9N5O2/c1-9(38)39-6-4-2-3-5-33-17-13-15(20(27,28)29)34-18(21(30,31)32)35-16(13)36-37(17)14-11(22)7-10(8-12(14)23)19(24,25)26/h7-8,16,33,36H,2-6H2,1H3. The van der Waals surface area contributed by atoms with Crippen LogP contribution >= 0.6 is 23.2 Å². The van der Waals surface area contributed by atoms with Crippen molar-refractivity contribution in [3.8, 4) is 0 Å². The van der Waals surface area contributed by atoms with Crippen molar-refractivity contribution in [3.05, 3.63) is 39.1 Å². The van der Waals surface area contributed by atoms with Crippen LogP contribution in [-0.4, -0.2) is 49.2 Å². The van der Waals surface area contributed by atoms with E-state index in [1.165, 1.54) is 6.92 Å². The van der Waals surface area contributed by atoms with E-state index in [0.717, 1.165) is 0 Å². The minimum atomic E-state index is -5.37. The number of alkyl halides is 9. The van der Waals surface area contributed by atoms with E-state index in [4.69, 9.17) is 27.9 Å². The van der Waals surface area contributed by atoms with Crippen LogP contribution in [0.1, 0.15) is 31.7 Å². The summed E-state index contributed by atoms with van der Waals surface area (Å²) in [7, 11) is 0. The maximum Gasteiger partial charge on any atom is 0.451 e. The van der Waals surface area contributed by atoms with Gasteiger partial charge in [0.1, 0.15) is 12.0 Å². The topological polar surface area (TPSA) is 78.3 Å². The Labute approximate surface area is 224 Å². The van der Waals surface area contributed by atoms with Gasteiger partial charge in [0.15, 0.2) is 5.71 Å². The van der Waals surface area contributed by atoms with Gasteiger partial charge < -0.3 is 10.1 Å². The Morgan fingerprint density at radius 3 is 2.13 bits per heavy atom. The van der Waals surface area contributed by atoms with E-state index in [0.29, 0.717) is 36.4 Å². The molecular formula is C21H18Cl2F9N5O2. The quantitative estimate of drug-likeness (QED) is 0.208. The lowest BCUT2D eigenvalue weighted by molar-refractivity contribution is -0.141. The van der Waals surface area contributed by atoms with Crippen LogP contribution in [0.5, 0.6) is 0 Å². The highest BCUT2D eigenvalue weighted by Crippen LogP contribution is 2.44. The molecule has 0 spiro atoms. The van der Waals surface area contributed by atoms with E-state index in [-0.39, 0.29) is 13.2 Å². The molecule has 0 aliphatic carbocycles. The number of hydrogen-bond donors (Lipinski definition) is 2. The molecule has 2 heterocycles. The average Bonchev–Trinajstić information content (AvgIpc) is 3.13. The number of halogens is 11. The molecule has 2 aliphatic rings. The van der Waals surface area contributed by atoms with Crippen molar-refractivity contribution in [2.45, 2.75) is 50.9 Å². The SMILES string of the molecule is CC(=O)OCCCCCNC1=C2C(C(F)(F)F)=NC(C(F)(F)F)=NC2NN1c1c(Cl)cc(C(F)(F)F)cc1Cl. The van der Waals surface area contributed by atoms with Crippen molar-refractivity contribution in [2.75, 3.05) is 18.2 Å². The van der Waals surface area contributed by atoms with Crippen LogP contribution < -0.4 is 15.8 Å². The highest BCUT2D eigenvalue weighted by molar-refractivity contribution is 6.39. The van der Waals surface area contributed by atoms with Gasteiger partial charge in [0, 0.05) is 13.5 Å². The van der Waals surface area contributed by atoms with Crippen molar-refractivity contribution >= 4 is 46.4 Å². The second-order valence-corrected chi connectivity index (χ2v) is 8.97. The van der Waals surface area contributed by atoms with E-state index in [1.807, 2.05) is 0 Å². The van der Waals surface area contributed by atoms with Crippen LogP contribution in [0.4, 0.5) is 45.2 Å². The number of nitrogens with zero attached hydrogens (tertiary/aromatic N) is 3. The van der Waals surface area contributed by atoms with Gasteiger partial charge in [-0.15, -0.1) is 0 Å². The number of unbranched alkanes of at least 4 members (excludes halogenated alkanes) is 2. The predicted molar refractivity (Wildman–Crippen MR) is 123 cm³/mol. The lowest BCUT2D eigenvalue weighted by Crippen LogP contribution is -2.43. The normalized spacial score (nSPS) is 18.2. The molecule has 2 aliphatic heterocycles. The zero-order chi connectivity index (χ0) is 29.3. The highest BCUT2D eigenvalue weighted by Gasteiger charge is 2.52. The molecule has 18 heteroatoms. The third-order valence-corrected chi connectivity index (χ3v) is 5.81. The maximum absolute atomic E-state index is 13.9. The van der Waals surface area contributed by atoms with Crippen molar-refractivity contribution in [1.82, 2.24) is 10.7 Å². The van der Waals surface area contributed by atoms with Gasteiger partial charge in [-0.05, 0) is 31.4 Å². The molecule has 1 aromatic carbocycles. The number of hydrogen-bond acceptors (Lipinski definition) is 7. The molecule has 0 saturated heterocycles. The summed E-state index contributed by atoms with van der Waals surface area (Å²) in [5, 5.41) is 2.05. The van der Waals surface area contributed by atoms with Crippen molar-refractivity contribution in [2.24, 2.45) is 9.98 Å². The third-order valence-electron chi connectivity index (χ3n) is 5.24. The summed E-state index contributed by atoms with van der Waals surface area (Å²) in [5.74, 6) is -3.07. The molecule has 7 nitrogen and oxygen atoms in total. The number of fused-ring (bicyclic) bond motifs is 1. The summed E-state index contributed by atoms with van der Waals surface area (Å²) in [6, 6.07) is 0.930. The van der Waals surface area contributed by atoms with Crippen LogP contribution in [0.3, 0.4) is 0 Å². The number of esters is 1. The van der Waals surface area contributed by atoms with E-state index in [2.05, 4.69) is 20.7 Å². The number of benzene rings is 1. The van der Waals surface area contributed by atoms with Gasteiger partial charge >= 0.3 is 24.5 Å². The van der Waals surface area contributed by atoms with Crippen molar-refractivity contribution < 1.29 is 49.0 Å². The van der Waals surface area contributed by atoms with Crippen LogP contribution in [0.15, 0.2) is 33.5 Å². The van der Waals surface area contributed by atoms with Gasteiger partial charge in [-0.3, -0.25) is 9.80 Å². The number of carbonyl (C=O) groups excluding carboxylic acids is 1. The fraction of sp³-hybridized carbons (Fsp3) is 0.476. The number of aliphatic imine (C=N–C) groups is 2. The number of anilines is 1. The van der Waals surface area contributed by atoms with Crippen molar-refractivity contribution in [3.63, 3.8) is 0 Å². The average molecular weight is 614 g/mol. The molecule has 0 radical (unpaired) electrons. The zero-order valence-electron chi connectivity index (χ0n) is 19.6. The van der Waals surface area contributed by atoms with Gasteiger partial charge in [-0.25, -0.2) is 9.98 Å². The Morgan fingerprint density at radius 2 is 1.62 bits per heavy atom. The first-order valence-corrected chi connectivity index (χ1v) is 11.7. The Bertz CT molecular complexity index is 1190. The van der Waals surface area contributed by atoms with Crippen LogP contribution in [-0.2, 0) is 15.7 Å². The summed E-state index contributed by atoms with van der Waals surface area (Å²) >= 11 is 12.1. The molecular weight excluding hydrogens is 596 g/mol. The molecule has 1 unspecified atom stereocenters. The molecule has 39 heavy (non-hydrogen) atoms. The summed E-state index contributed by atoms with van der Waals surface area (Å²) in [5.41, 5.74) is -2.19. The summed E-state index contributed by atoms with van der Waals surface area (Å²) in [4.78, 5) is 16.8. The van der Waals surface area contributed by atoms with Gasteiger partial charge in [0.05, 0.1) is 33.5 Å². The second kappa shape index (κ2) is 11.4. The number of amidine groups is 1. The molecule has 2 N–H and O–H groups in total. The van der Waals surface area contributed by atoms with E-state index < -0.39 is 74.9 Å². The Morgan fingerprint density at radius 1 is 1.00 bits per heavy atom. The first-order valence-electron chi connectivity index (χ1n) is 11.0. The van der Waals surface area contributed by atoms with E-state index >= 15 is 0 Å². The summed E-state index contributed by atoms with van der Waals surface area (Å²) in [6.45, 7) is 1.25. The molecule has 3 rings (SSSR count). The lowest BCUT2D eigenvalue weighted by Gasteiger charge is -2.26. The Hall–Kier alpha value is -2.72.